The summed E-state index contributed by atoms with van der Waals surface area (Å²) in [6.45, 7) is 0. The molecule has 33 heavy (non-hydrogen) atoms. The van der Waals surface area contributed by atoms with Gasteiger partial charge >= 0.3 is 17.1 Å². The van der Waals surface area contributed by atoms with E-state index in [9.17, 15) is 25.9 Å². The minimum Gasteiger partial charge on any atom is -0.744 e. The molecule has 0 fully saturated rings. The quantitative estimate of drug-likeness (QED) is 0.297. The Morgan fingerprint density at radius 2 is 1.03 bits per heavy atom. The van der Waals surface area contributed by atoms with E-state index >= 15 is 0 Å². The van der Waals surface area contributed by atoms with Crippen LogP contribution in [0.1, 0.15) is 22.8 Å². The van der Waals surface area contributed by atoms with Gasteiger partial charge in [0.15, 0.2) is 0 Å². The van der Waals surface area contributed by atoms with Gasteiger partial charge in [0.1, 0.15) is 20.2 Å². The van der Waals surface area contributed by atoms with Crippen LogP contribution in [0.15, 0.2) is 48.5 Å². The van der Waals surface area contributed by atoms with Crippen molar-refractivity contribution in [2.24, 2.45) is 0 Å². The van der Waals surface area contributed by atoms with E-state index in [1.807, 2.05) is 12.1 Å². The SMILES string of the molecule is O=S(=O)([O-])C1=C(S(=O)(=O)[O-])c2cc3ccc(cc4ccc(cc5nc(cc1n2)C=C5)[nH]4)[nH]3.[Fe+2]. The number of H-pyrrole nitrogens is 2. The van der Waals surface area contributed by atoms with Gasteiger partial charge in [-0.15, -0.1) is 0 Å². The van der Waals surface area contributed by atoms with Crippen molar-refractivity contribution in [3.8, 4) is 0 Å². The van der Waals surface area contributed by atoms with E-state index in [-0.39, 0.29) is 22.8 Å². The van der Waals surface area contributed by atoms with Crippen LogP contribution in [-0.4, -0.2) is 45.9 Å². The number of nitrogens with zero attached hydrogens (tertiary/aromatic N) is 2. The maximum Gasteiger partial charge on any atom is 2.00 e. The topological polar surface area (TPSA) is 172 Å². The Kier molecular flexibility index (Phi) is 5.64. The van der Waals surface area contributed by atoms with Crippen molar-refractivity contribution >= 4 is 64.3 Å². The number of aromatic nitrogens is 4. The van der Waals surface area contributed by atoms with E-state index in [0.717, 1.165) is 17.1 Å². The number of hydrogen-bond donors (Lipinski definition) is 2. The molecule has 2 aliphatic heterocycles. The first-order valence-corrected chi connectivity index (χ1v) is 11.9. The molecule has 5 heterocycles. The van der Waals surface area contributed by atoms with Gasteiger partial charge in [-0.3, -0.25) is 0 Å². The van der Waals surface area contributed by atoms with E-state index in [4.69, 9.17) is 0 Å². The average Bonchev–Trinajstić information content (AvgIpc) is 3.43. The molecule has 3 aromatic rings. The summed E-state index contributed by atoms with van der Waals surface area (Å²) in [7, 11) is -10.7. The van der Waals surface area contributed by atoms with E-state index < -0.39 is 41.4 Å². The third-order valence-corrected chi connectivity index (χ3v) is 6.70. The summed E-state index contributed by atoms with van der Waals surface area (Å²) in [5.41, 5.74) is 2.37. The van der Waals surface area contributed by atoms with Crippen molar-refractivity contribution in [3.05, 3.63) is 71.3 Å². The van der Waals surface area contributed by atoms with Crippen LogP contribution < -0.4 is 0 Å². The van der Waals surface area contributed by atoms with Gasteiger partial charge in [0.2, 0.25) is 0 Å². The predicted molar refractivity (Wildman–Crippen MR) is 116 cm³/mol. The van der Waals surface area contributed by atoms with Gasteiger partial charge in [0, 0.05) is 22.1 Å². The van der Waals surface area contributed by atoms with Crippen molar-refractivity contribution in [2.45, 2.75) is 0 Å². The smallest absolute Gasteiger partial charge is 0.744 e. The minimum atomic E-state index is -5.36. The van der Waals surface area contributed by atoms with Crippen LogP contribution in [0, 0.1) is 0 Å². The molecule has 0 amide bonds. The van der Waals surface area contributed by atoms with Gasteiger partial charge < -0.3 is 19.1 Å². The third kappa shape index (κ3) is 4.55. The van der Waals surface area contributed by atoms with Crippen molar-refractivity contribution in [1.29, 1.82) is 0 Å². The van der Waals surface area contributed by atoms with Crippen LogP contribution in [-0.2, 0) is 37.3 Å². The van der Waals surface area contributed by atoms with Gasteiger partial charge in [-0.25, -0.2) is 26.8 Å². The van der Waals surface area contributed by atoms with E-state index in [1.165, 1.54) is 6.07 Å². The zero-order valence-corrected chi connectivity index (χ0v) is 19.0. The first-order valence-electron chi connectivity index (χ1n) is 9.09. The van der Waals surface area contributed by atoms with Crippen LogP contribution >= 0.6 is 0 Å². The largest absolute Gasteiger partial charge is 2.00 e. The van der Waals surface area contributed by atoms with E-state index in [1.54, 1.807) is 36.4 Å². The van der Waals surface area contributed by atoms with Crippen molar-refractivity contribution in [3.63, 3.8) is 0 Å². The van der Waals surface area contributed by atoms with Crippen LogP contribution in [0.3, 0.4) is 0 Å². The zero-order chi connectivity index (χ0) is 22.7. The first-order chi connectivity index (χ1) is 15.1. The molecule has 2 N–H and O–H groups in total. The summed E-state index contributed by atoms with van der Waals surface area (Å²) in [5.74, 6) is 0. The average molecular weight is 524 g/mol. The third-order valence-electron chi connectivity index (χ3n) is 4.75. The molecule has 0 unspecified atom stereocenters. The molecule has 0 atom stereocenters. The second kappa shape index (κ2) is 8.06. The summed E-state index contributed by atoms with van der Waals surface area (Å²) >= 11 is 0. The van der Waals surface area contributed by atoms with Gasteiger partial charge in [0.25, 0.3) is 0 Å². The predicted octanol–water partition coefficient (Wildman–Crippen LogP) is 2.40. The second-order valence-corrected chi connectivity index (χ2v) is 9.69. The Morgan fingerprint density at radius 3 is 1.55 bits per heavy atom. The van der Waals surface area contributed by atoms with Crippen molar-refractivity contribution in [2.75, 3.05) is 0 Å². The molecular formula is C20H12FeN4O6S2. The summed E-state index contributed by atoms with van der Waals surface area (Å²) in [5, 5.41) is 0. The number of hydrogen-bond acceptors (Lipinski definition) is 8. The van der Waals surface area contributed by atoms with Gasteiger partial charge in [-0.05, 0) is 60.7 Å². The monoisotopic (exact) mass is 524 g/mol. The maximum absolute atomic E-state index is 11.9. The van der Waals surface area contributed by atoms with Crippen molar-refractivity contribution in [1.82, 2.24) is 19.9 Å². The maximum atomic E-state index is 11.9. The molecular weight excluding hydrogens is 512 g/mol. The molecule has 0 aliphatic carbocycles. The molecule has 0 saturated carbocycles. The summed E-state index contributed by atoms with van der Waals surface area (Å²) in [6.07, 6.45) is 3.19. The van der Waals surface area contributed by atoms with E-state index in [2.05, 4.69) is 19.9 Å². The molecule has 2 aliphatic rings. The van der Waals surface area contributed by atoms with Crippen LogP contribution in [0.4, 0.5) is 0 Å². The molecule has 10 nitrogen and oxygen atoms in total. The Balaban J connectivity index is 0.00000259. The molecule has 0 spiro atoms. The van der Waals surface area contributed by atoms with Gasteiger partial charge in [-0.2, -0.15) is 0 Å². The molecule has 5 rings (SSSR count). The Morgan fingerprint density at radius 1 is 0.606 bits per heavy atom. The fraction of sp³-hybridized carbons (Fsp3) is 0. The van der Waals surface area contributed by atoms with Gasteiger partial charge in [-0.1, -0.05) is 0 Å². The van der Waals surface area contributed by atoms with Crippen molar-refractivity contribution < 1.29 is 43.0 Å². The van der Waals surface area contributed by atoms with Crippen LogP contribution in [0.2, 0.25) is 0 Å². The second-order valence-electron chi connectivity index (χ2n) is 7.06. The molecule has 13 heteroatoms. The summed E-state index contributed by atoms with van der Waals surface area (Å²) < 4.78 is 71.6. The summed E-state index contributed by atoms with van der Waals surface area (Å²) in [6, 6.07) is 12.9. The summed E-state index contributed by atoms with van der Waals surface area (Å²) in [4.78, 5) is 12.1. The molecule has 3 aromatic heterocycles. The van der Waals surface area contributed by atoms with Gasteiger partial charge in [0.05, 0.1) is 32.6 Å². The minimum absolute atomic E-state index is 0. The number of nitrogens with one attached hydrogen (secondary N) is 2. The normalized spacial score (nSPS) is 13.8. The Labute approximate surface area is 198 Å². The number of rotatable bonds is 2. The van der Waals surface area contributed by atoms with Crippen LogP contribution in [0.5, 0.6) is 0 Å². The molecule has 0 radical (unpaired) electrons. The molecule has 168 valence electrons. The Bertz CT molecular complexity index is 1730. The Hall–Kier alpha value is -3.06. The molecule has 0 saturated heterocycles. The number of aromatic amines is 2. The first kappa shape index (κ1) is 23.1. The fourth-order valence-electron chi connectivity index (χ4n) is 3.51. The standard InChI is InChI=1S/C20H14N4O6S2.Fe/c25-31(26,27)19-17-9-15-5-3-13(22-15)7-11-1-2-12(21-11)8-14-4-6-16(23-14)10-18(24-17)20(19)32(28,29)30;/h1-10,21-22H,(H,25,26,27)(H,28,29,30);/q;+2/p-2. The zero-order valence-electron chi connectivity index (χ0n) is 16.3. The van der Waals surface area contributed by atoms with Crippen LogP contribution in [0.25, 0.3) is 44.0 Å². The number of fused-ring (bicyclic) bond motifs is 8. The fourth-order valence-corrected chi connectivity index (χ4v) is 5.51. The molecule has 0 aromatic carbocycles. The van der Waals surface area contributed by atoms with E-state index in [0.29, 0.717) is 16.7 Å². The molecule has 8 bridgehead atoms.